The van der Waals surface area contributed by atoms with Crippen LogP contribution in [0, 0.1) is 5.92 Å². The Morgan fingerprint density at radius 3 is 1.77 bits per heavy atom. The molecule has 5 aromatic carbocycles. The van der Waals surface area contributed by atoms with Crippen molar-refractivity contribution in [1.82, 2.24) is 0 Å². The molecular formula is C24H18N4O2. The highest BCUT2D eigenvalue weighted by molar-refractivity contribution is 6.42. The molecule has 0 fully saturated rings. The van der Waals surface area contributed by atoms with E-state index < -0.39 is 5.92 Å². The van der Waals surface area contributed by atoms with E-state index in [1.165, 1.54) is 0 Å². The molecule has 1 aliphatic rings. The molecule has 0 heterocycles. The summed E-state index contributed by atoms with van der Waals surface area (Å²) in [5, 5.41) is 6.67. The number of fused-ring (bicyclic) bond motifs is 2. The van der Waals surface area contributed by atoms with Gasteiger partial charge in [-0.15, -0.1) is 0 Å². The number of benzene rings is 5. The van der Waals surface area contributed by atoms with Gasteiger partial charge in [0.05, 0.1) is 5.92 Å². The van der Waals surface area contributed by atoms with Crippen LogP contribution < -0.4 is 22.9 Å². The third kappa shape index (κ3) is 1.75. The van der Waals surface area contributed by atoms with Gasteiger partial charge in [-0.05, 0) is 69.6 Å². The molecule has 146 valence electrons. The fraction of sp³-hybridized carbons (Fsp3) is 0.0833. The highest BCUT2D eigenvalue weighted by Gasteiger charge is 2.37. The lowest BCUT2D eigenvalue weighted by Crippen LogP contribution is -2.28. The number of anilines is 4. The summed E-state index contributed by atoms with van der Waals surface area (Å²) in [7, 11) is 0. The number of nitrogen functional groups attached to an aromatic ring is 4. The molecule has 6 rings (SSSR count). The largest absolute Gasteiger partial charge is 0.399 e. The first-order valence-corrected chi connectivity index (χ1v) is 9.69. The van der Waals surface area contributed by atoms with Gasteiger partial charge in [0.1, 0.15) is 0 Å². The van der Waals surface area contributed by atoms with Gasteiger partial charge in [0.25, 0.3) is 0 Å². The number of rotatable bonds is 0. The van der Waals surface area contributed by atoms with E-state index in [1.807, 2.05) is 36.4 Å². The molecule has 6 nitrogen and oxygen atoms in total. The second-order valence-corrected chi connectivity index (χ2v) is 8.17. The minimum absolute atomic E-state index is 0.270. The molecule has 0 radical (unpaired) electrons. The summed E-state index contributed by atoms with van der Waals surface area (Å²) in [5.74, 6) is -1.35. The van der Waals surface area contributed by atoms with Crippen LogP contribution in [0.15, 0.2) is 36.4 Å². The number of ketones is 2. The zero-order valence-corrected chi connectivity index (χ0v) is 16.2. The second-order valence-electron chi connectivity index (χ2n) is 8.17. The predicted octanol–water partition coefficient (Wildman–Crippen LogP) is 4.08. The molecule has 0 aromatic heterocycles. The molecule has 8 N–H and O–H groups in total. The van der Waals surface area contributed by atoms with Crippen LogP contribution in [0.3, 0.4) is 0 Å². The first-order chi connectivity index (χ1) is 14.3. The van der Waals surface area contributed by atoms with Crippen LogP contribution in [-0.2, 0) is 0 Å². The summed E-state index contributed by atoms with van der Waals surface area (Å²) < 4.78 is 0. The molecular weight excluding hydrogens is 376 g/mol. The zero-order valence-electron chi connectivity index (χ0n) is 16.2. The lowest BCUT2D eigenvalue weighted by Gasteiger charge is -2.26. The van der Waals surface area contributed by atoms with Gasteiger partial charge in [0, 0.05) is 44.6 Å². The number of hydrogen-bond acceptors (Lipinski definition) is 6. The molecule has 6 heteroatoms. The Kier molecular flexibility index (Phi) is 2.87. The molecule has 0 bridgehead atoms. The van der Waals surface area contributed by atoms with Crippen molar-refractivity contribution < 1.29 is 9.59 Å². The van der Waals surface area contributed by atoms with E-state index in [0.717, 1.165) is 37.7 Å². The molecule has 0 saturated carbocycles. The van der Waals surface area contributed by atoms with E-state index in [9.17, 15) is 9.59 Å². The van der Waals surface area contributed by atoms with Crippen molar-refractivity contribution >= 4 is 77.4 Å². The van der Waals surface area contributed by atoms with Crippen LogP contribution in [0.25, 0.3) is 43.1 Å². The van der Waals surface area contributed by atoms with E-state index in [2.05, 4.69) is 0 Å². The Morgan fingerprint density at radius 1 is 0.600 bits per heavy atom. The number of carbonyl (C=O) groups excluding carboxylic acids is 2. The van der Waals surface area contributed by atoms with Gasteiger partial charge >= 0.3 is 0 Å². The average molecular weight is 394 g/mol. The fourth-order valence-electron chi connectivity index (χ4n) is 5.15. The topological polar surface area (TPSA) is 138 Å². The Bertz CT molecular complexity index is 1610. The lowest BCUT2D eigenvalue weighted by molar-refractivity contribution is 0.0817. The lowest BCUT2D eigenvalue weighted by atomic mass is 9.76. The number of nitrogens with two attached hydrogens (primary N) is 4. The Labute approximate surface area is 170 Å². The van der Waals surface area contributed by atoms with Crippen molar-refractivity contribution in [2.75, 3.05) is 22.9 Å². The van der Waals surface area contributed by atoms with Crippen LogP contribution in [0.4, 0.5) is 22.7 Å². The summed E-state index contributed by atoms with van der Waals surface area (Å²) >= 11 is 0. The summed E-state index contributed by atoms with van der Waals surface area (Å²) in [6.45, 7) is 1.60. The summed E-state index contributed by atoms with van der Waals surface area (Å²) in [5.41, 5.74) is 27.9. The Morgan fingerprint density at radius 2 is 1.13 bits per heavy atom. The van der Waals surface area contributed by atoms with Crippen LogP contribution in [0.5, 0.6) is 0 Å². The first-order valence-electron chi connectivity index (χ1n) is 9.69. The maximum absolute atomic E-state index is 13.0. The molecule has 0 saturated heterocycles. The summed E-state index contributed by atoms with van der Waals surface area (Å²) in [6.07, 6.45) is 0. The predicted molar refractivity (Wildman–Crippen MR) is 123 cm³/mol. The van der Waals surface area contributed by atoms with Crippen molar-refractivity contribution in [3.63, 3.8) is 0 Å². The van der Waals surface area contributed by atoms with Crippen LogP contribution in [0.2, 0.25) is 0 Å². The van der Waals surface area contributed by atoms with E-state index in [-0.39, 0.29) is 11.6 Å². The van der Waals surface area contributed by atoms with Gasteiger partial charge in [0.2, 0.25) is 0 Å². The minimum Gasteiger partial charge on any atom is -0.399 e. The van der Waals surface area contributed by atoms with Crippen molar-refractivity contribution in [3.8, 4) is 0 Å². The maximum atomic E-state index is 13.0. The minimum atomic E-state index is -0.809. The van der Waals surface area contributed by atoms with Crippen molar-refractivity contribution in [2.45, 2.75) is 6.92 Å². The molecule has 0 aliphatic heterocycles. The standard InChI is InChI=1S/C24H18N4O2/c1-8-23(29)20-16(27)6-12-10-2-3-15(26)14-5-9(25)4-11(18(10)14)13-7-17(28)21(24(8)30)22(20)19(12)13/h2-8H,25-28H2,1H3. The number of Topliss-reactive ketones (excluding diaryl/α,β-unsaturated/α-hetero) is 2. The van der Waals surface area contributed by atoms with Crippen LogP contribution >= 0.6 is 0 Å². The molecule has 30 heavy (non-hydrogen) atoms. The molecule has 1 atom stereocenters. The number of hydrogen-bond donors (Lipinski definition) is 4. The fourth-order valence-corrected chi connectivity index (χ4v) is 5.15. The van der Waals surface area contributed by atoms with Gasteiger partial charge in [-0.3, -0.25) is 9.59 Å². The monoisotopic (exact) mass is 394 g/mol. The van der Waals surface area contributed by atoms with Crippen molar-refractivity contribution in [2.24, 2.45) is 5.92 Å². The molecule has 0 amide bonds. The highest BCUT2D eigenvalue weighted by atomic mass is 16.2. The SMILES string of the molecule is CC1C(=O)c2c(N)cc3c4ccc(N)c5cc(N)cc(c6cc(N)c(c2c36)C1=O)c54. The summed E-state index contributed by atoms with van der Waals surface area (Å²) in [4.78, 5) is 26.1. The zero-order chi connectivity index (χ0) is 21.1. The van der Waals surface area contributed by atoms with E-state index in [0.29, 0.717) is 39.3 Å². The van der Waals surface area contributed by atoms with E-state index in [4.69, 9.17) is 22.9 Å². The highest BCUT2D eigenvalue weighted by Crippen LogP contribution is 2.48. The number of carbonyl (C=O) groups is 2. The van der Waals surface area contributed by atoms with Gasteiger partial charge in [0.15, 0.2) is 11.6 Å². The first kappa shape index (κ1) is 16.9. The summed E-state index contributed by atoms with van der Waals surface area (Å²) in [6, 6.07) is 11.2. The van der Waals surface area contributed by atoms with E-state index >= 15 is 0 Å². The molecule has 1 unspecified atom stereocenters. The molecule has 1 aliphatic carbocycles. The van der Waals surface area contributed by atoms with Crippen LogP contribution in [-0.4, -0.2) is 11.6 Å². The van der Waals surface area contributed by atoms with Gasteiger partial charge in [-0.1, -0.05) is 6.07 Å². The van der Waals surface area contributed by atoms with Crippen molar-refractivity contribution in [3.05, 3.63) is 47.5 Å². The Balaban J connectivity index is 2.04. The van der Waals surface area contributed by atoms with Crippen LogP contribution in [0.1, 0.15) is 27.6 Å². The van der Waals surface area contributed by atoms with E-state index in [1.54, 1.807) is 6.92 Å². The molecule has 0 spiro atoms. The molecule has 5 aromatic rings. The third-order valence-electron chi connectivity index (χ3n) is 6.50. The third-order valence-corrected chi connectivity index (χ3v) is 6.50. The van der Waals surface area contributed by atoms with Gasteiger partial charge < -0.3 is 22.9 Å². The second kappa shape index (κ2) is 5.10. The normalized spacial score (nSPS) is 16.5. The Hall–Kier alpha value is -4.06. The van der Waals surface area contributed by atoms with Gasteiger partial charge in [-0.25, -0.2) is 0 Å². The quantitative estimate of drug-likeness (QED) is 0.135. The average Bonchev–Trinajstić information content (AvgIpc) is 2.70. The smallest absolute Gasteiger partial charge is 0.176 e. The maximum Gasteiger partial charge on any atom is 0.176 e. The van der Waals surface area contributed by atoms with Gasteiger partial charge in [-0.2, -0.15) is 0 Å². The van der Waals surface area contributed by atoms with Crippen molar-refractivity contribution in [1.29, 1.82) is 0 Å².